The first-order valence-corrected chi connectivity index (χ1v) is 7.09. The molecule has 0 fully saturated rings. The lowest BCUT2D eigenvalue weighted by molar-refractivity contribution is 0.0768. The zero-order chi connectivity index (χ0) is 15.8. The number of carbonyl (C=O) groups excluding carboxylic acids is 1. The summed E-state index contributed by atoms with van der Waals surface area (Å²) in [5.74, 6) is 5.71. The molecule has 2 N–H and O–H groups in total. The average Bonchev–Trinajstić information content (AvgIpc) is 2.46. The zero-order valence-electron chi connectivity index (χ0n) is 12.9. The number of nitrogens with zero attached hydrogens (tertiary/aromatic N) is 1. The lowest BCUT2D eigenvalue weighted by Gasteiger charge is -2.19. The van der Waals surface area contributed by atoms with Gasteiger partial charge in [0.05, 0.1) is 12.7 Å². The number of aliphatic hydroxyl groups is 2. The van der Waals surface area contributed by atoms with Crippen LogP contribution < -0.4 is 0 Å². The molecule has 1 aromatic rings. The summed E-state index contributed by atoms with van der Waals surface area (Å²) in [4.78, 5) is 14.0. The molecule has 0 heterocycles. The van der Waals surface area contributed by atoms with E-state index in [0.29, 0.717) is 24.9 Å². The van der Waals surface area contributed by atoms with Crippen LogP contribution in [0.5, 0.6) is 0 Å². The Balaban J connectivity index is 2.88. The van der Waals surface area contributed by atoms with E-state index in [4.69, 9.17) is 5.11 Å². The Bertz CT molecular complexity index is 541. The van der Waals surface area contributed by atoms with Gasteiger partial charge in [0.1, 0.15) is 0 Å². The standard InChI is InChI=1S/C17H23NO3/c1-13-7-8-15(6-4-5-11-19)12-16(13)17(21)18(3)10-9-14(2)20/h7-8,12,14,19-20H,5,9-11H2,1-3H3. The Labute approximate surface area is 126 Å². The first-order chi connectivity index (χ1) is 9.95. The fourth-order valence-electron chi connectivity index (χ4n) is 1.84. The van der Waals surface area contributed by atoms with E-state index in [1.165, 1.54) is 0 Å². The van der Waals surface area contributed by atoms with Crippen LogP contribution >= 0.6 is 0 Å². The van der Waals surface area contributed by atoms with Crippen LogP contribution in [0.25, 0.3) is 0 Å². The summed E-state index contributed by atoms with van der Waals surface area (Å²) in [7, 11) is 1.73. The van der Waals surface area contributed by atoms with Crippen molar-refractivity contribution < 1.29 is 15.0 Å². The van der Waals surface area contributed by atoms with Gasteiger partial charge >= 0.3 is 0 Å². The van der Waals surface area contributed by atoms with E-state index < -0.39 is 6.10 Å². The summed E-state index contributed by atoms with van der Waals surface area (Å²) in [6, 6.07) is 5.52. The van der Waals surface area contributed by atoms with Gasteiger partial charge in [-0.3, -0.25) is 4.79 Å². The van der Waals surface area contributed by atoms with Crippen LogP contribution in [-0.2, 0) is 0 Å². The molecular formula is C17H23NO3. The lowest BCUT2D eigenvalue weighted by Crippen LogP contribution is -2.30. The van der Waals surface area contributed by atoms with Crippen molar-refractivity contribution in [1.82, 2.24) is 4.90 Å². The predicted molar refractivity (Wildman–Crippen MR) is 83.0 cm³/mol. The van der Waals surface area contributed by atoms with Crippen molar-refractivity contribution >= 4 is 5.91 Å². The van der Waals surface area contributed by atoms with Crippen LogP contribution in [0.4, 0.5) is 0 Å². The average molecular weight is 289 g/mol. The molecule has 0 aliphatic carbocycles. The molecule has 1 atom stereocenters. The molecule has 4 heteroatoms. The van der Waals surface area contributed by atoms with E-state index >= 15 is 0 Å². The number of amides is 1. The van der Waals surface area contributed by atoms with Crippen LogP contribution in [0.2, 0.25) is 0 Å². The van der Waals surface area contributed by atoms with E-state index in [1.54, 1.807) is 24.9 Å². The van der Waals surface area contributed by atoms with Gasteiger partial charge in [0, 0.05) is 31.1 Å². The fourth-order valence-corrected chi connectivity index (χ4v) is 1.84. The smallest absolute Gasteiger partial charge is 0.253 e. The Morgan fingerprint density at radius 1 is 1.43 bits per heavy atom. The molecule has 0 aliphatic heterocycles. The predicted octanol–water partition coefficient (Wildman–Crippen LogP) is 1.57. The summed E-state index contributed by atoms with van der Waals surface area (Å²) in [6.07, 6.45) is 0.556. The summed E-state index contributed by atoms with van der Waals surface area (Å²) in [6.45, 7) is 4.14. The normalized spacial score (nSPS) is 11.5. The SMILES string of the molecule is Cc1ccc(C#CCCO)cc1C(=O)N(C)CCC(C)O. The molecule has 1 unspecified atom stereocenters. The second-order valence-corrected chi connectivity index (χ2v) is 5.17. The zero-order valence-corrected chi connectivity index (χ0v) is 12.9. The van der Waals surface area contributed by atoms with E-state index in [9.17, 15) is 9.90 Å². The second-order valence-electron chi connectivity index (χ2n) is 5.17. The highest BCUT2D eigenvalue weighted by Gasteiger charge is 2.14. The highest BCUT2D eigenvalue weighted by Crippen LogP contribution is 2.13. The van der Waals surface area contributed by atoms with Crippen LogP contribution in [0, 0.1) is 18.8 Å². The third kappa shape index (κ3) is 5.58. The molecular weight excluding hydrogens is 266 g/mol. The molecule has 114 valence electrons. The first kappa shape index (κ1) is 17.2. The van der Waals surface area contributed by atoms with Crippen LogP contribution in [0.1, 0.15) is 41.3 Å². The van der Waals surface area contributed by atoms with Gasteiger partial charge in [0.2, 0.25) is 0 Å². The van der Waals surface area contributed by atoms with Crippen molar-refractivity contribution in [2.45, 2.75) is 32.8 Å². The van der Waals surface area contributed by atoms with Gasteiger partial charge in [-0.1, -0.05) is 17.9 Å². The third-order valence-corrected chi connectivity index (χ3v) is 3.17. The highest BCUT2D eigenvalue weighted by molar-refractivity contribution is 5.95. The number of carbonyl (C=O) groups is 1. The molecule has 1 rings (SSSR count). The number of rotatable bonds is 5. The molecule has 4 nitrogen and oxygen atoms in total. The van der Waals surface area contributed by atoms with Crippen LogP contribution in [-0.4, -0.2) is 47.3 Å². The van der Waals surface area contributed by atoms with Crippen molar-refractivity contribution in [2.24, 2.45) is 0 Å². The Kier molecular flexibility index (Phi) is 6.93. The largest absolute Gasteiger partial charge is 0.395 e. The minimum absolute atomic E-state index is 0.0345. The van der Waals surface area contributed by atoms with Crippen molar-refractivity contribution in [3.05, 3.63) is 34.9 Å². The van der Waals surface area contributed by atoms with Crippen LogP contribution in [0.15, 0.2) is 18.2 Å². The minimum atomic E-state index is -0.419. The second kappa shape index (κ2) is 8.46. The van der Waals surface area contributed by atoms with Gasteiger partial charge in [0.25, 0.3) is 5.91 Å². The van der Waals surface area contributed by atoms with Crippen molar-refractivity contribution in [3.8, 4) is 11.8 Å². The lowest BCUT2D eigenvalue weighted by atomic mass is 10.0. The molecule has 0 spiro atoms. The Hall–Kier alpha value is -1.83. The first-order valence-electron chi connectivity index (χ1n) is 7.09. The van der Waals surface area contributed by atoms with Gasteiger partial charge in [-0.2, -0.15) is 0 Å². The van der Waals surface area contributed by atoms with Gasteiger partial charge in [-0.25, -0.2) is 0 Å². The molecule has 0 aliphatic rings. The number of hydrogen-bond acceptors (Lipinski definition) is 3. The molecule has 1 aromatic carbocycles. The van der Waals surface area contributed by atoms with Gasteiger partial charge in [0.15, 0.2) is 0 Å². The molecule has 0 saturated heterocycles. The fraction of sp³-hybridized carbons (Fsp3) is 0.471. The third-order valence-electron chi connectivity index (χ3n) is 3.17. The summed E-state index contributed by atoms with van der Waals surface area (Å²) < 4.78 is 0. The Morgan fingerprint density at radius 3 is 2.76 bits per heavy atom. The van der Waals surface area contributed by atoms with E-state index in [0.717, 1.165) is 11.1 Å². The maximum Gasteiger partial charge on any atom is 0.253 e. The molecule has 0 saturated carbocycles. The number of aliphatic hydroxyl groups excluding tert-OH is 2. The van der Waals surface area contributed by atoms with Crippen molar-refractivity contribution in [3.63, 3.8) is 0 Å². The summed E-state index contributed by atoms with van der Waals surface area (Å²) in [5, 5.41) is 18.0. The monoisotopic (exact) mass is 289 g/mol. The molecule has 0 bridgehead atoms. The maximum atomic E-state index is 12.4. The number of hydrogen-bond donors (Lipinski definition) is 2. The quantitative estimate of drug-likeness (QED) is 0.809. The van der Waals surface area contributed by atoms with E-state index in [-0.39, 0.29) is 12.5 Å². The van der Waals surface area contributed by atoms with E-state index in [1.807, 2.05) is 19.1 Å². The summed E-state index contributed by atoms with van der Waals surface area (Å²) in [5.41, 5.74) is 2.29. The summed E-state index contributed by atoms with van der Waals surface area (Å²) >= 11 is 0. The van der Waals surface area contributed by atoms with Gasteiger partial charge in [-0.05, 0) is 38.0 Å². The van der Waals surface area contributed by atoms with Crippen LogP contribution in [0.3, 0.4) is 0 Å². The molecule has 21 heavy (non-hydrogen) atoms. The van der Waals surface area contributed by atoms with Crippen molar-refractivity contribution in [2.75, 3.05) is 20.2 Å². The molecule has 1 amide bonds. The van der Waals surface area contributed by atoms with Gasteiger partial charge < -0.3 is 15.1 Å². The number of benzene rings is 1. The van der Waals surface area contributed by atoms with E-state index in [2.05, 4.69) is 11.8 Å². The maximum absolute atomic E-state index is 12.4. The van der Waals surface area contributed by atoms with Crippen molar-refractivity contribution in [1.29, 1.82) is 0 Å². The molecule has 0 radical (unpaired) electrons. The number of aryl methyl sites for hydroxylation is 1. The molecule has 0 aromatic heterocycles. The highest BCUT2D eigenvalue weighted by atomic mass is 16.3. The minimum Gasteiger partial charge on any atom is -0.395 e. The topological polar surface area (TPSA) is 60.8 Å². The van der Waals surface area contributed by atoms with Gasteiger partial charge in [-0.15, -0.1) is 0 Å². The Morgan fingerprint density at radius 2 is 2.14 bits per heavy atom.